The van der Waals surface area contributed by atoms with Crippen molar-refractivity contribution in [3.63, 3.8) is 0 Å². The highest BCUT2D eigenvalue weighted by Gasteiger charge is 2.62. The van der Waals surface area contributed by atoms with Crippen LogP contribution >= 0.6 is 0 Å². The molecule has 0 aromatic heterocycles. The van der Waals surface area contributed by atoms with Crippen molar-refractivity contribution < 1.29 is 14.6 Å². The Kier molecular flexibility index (Phi) is 5.27. The topological polar surface area (TPSA) is 46.5 Å². The second-order valence-corrected chi connectivity index (χ2v) is 11.7. The molecule has 0 bridgehead atoms. The molecule has 4 rings (SSSR count). The lowest BCUT2D eigenvalue weighted by Crippen LogP contribution is -2.58. The molecule has 0 spiro atoms. The summed E-state index contributed by atoms with van der Waals surface area (Å²) in [6.45, 7) is 11.5. The Morgan fingerprint density at radius 1 is 1.04 bits per heavy atom. The molecule has 0 unspecified atom stereocenters. The lowest BCUT2D eigenvalue weighted by molar-refractivity contribution is -0.183. The molecule has 4 saturated carbocycles. The second-order valence-electron chi connectivity index (χ2n) is 11.7. The zero-order valence-electron chi connectivity index (χ0n) is 18.8. The first kappa shape index (κ1) is 20.8. The second kappa shape index (κ2) is 7.08. The summed E-state index contributed by atoms with van der Waals surface area (Å²) in [6.07, 6.45) is 10.5. The third-order valence-electron chi connectivity index (χ3n) is 9.83. The first-order valence-corrected chi connectivity index (χ1v) is 11.9. The summed E-state index contributed by atoms with van der Waals surface area (Å²) in [6, 6.07) is 0. The fourth-order valence-electron chi connectivity index (χ4n) is 8.50. The maximum absolute atomic E-state index is 12.4. The van der Waals surface area contributed by atoms with Gasteiger partial charge in [-0.25, -0.2) is 0 Å². The van der Waals surface area contributed by atoms with Crippen LogP contribution in [-0.2, 0) is 9.53 Å². The Morgan fingerprint density at radius 3 is 2.46 bits per heavy atom. The van der Waals surface area contributed by atoms with Crippen molar-refractivity contribution in [3.05, 3.63) is 0 Å². The van der Waals surface area contributed by atoms with Crippen molar-refractivity contribution in [2.75, 3.05) is 6.61 Å². The number of ether oxygens (including phenoxy) is 1. The Balaban J connectivity index is 1.64. The maximum Gasteiger partial charge on any atom is 0.133 e. The molecule has 0 saturated heterocycles. The van der Waals surface area contributed by atoms with E-state index in [0.29, 0.717) is 23.5 Å². The highest BCUT2D eigenvalue weighted by atomic mass is 16.5. The predicted octanol–water partition coefficient (Wildman–Crippen LogP) is 5.39. The van der Waals surface area contributed by atoms with Gasteiger partial charge >= 0.3 is 0 Å². The molecular weight excluding hydrogens is 348 g/mol. The molecule has 0 aliphatic heterocycles. The molecule has 0 radical (unpaired) electrons. The van der Waals surface area contributed by atoms with E-state index in [2.05, 4.69) is 20.8 Å². The van der Waals surface area contributed by atoms with Gasteiger partial charge in [0.05, 0.1) is 18.3 Å². The average molecular weight is 391 g/mol. The third-order valence-corrected chi connectivity index (χ3v) is 9.83. The third kappa shape index (κ3) is 3.20. The largest absolute Gasteiger partial charge is 0.390 e. The van der Waals surface area contributed by atoms with Crippen molar-refractivity contribution in [1.82, 2.24) is 0 Å². The number of carbonyl (C=O) groups excluding carboxylic acids is 1. The Bertz CT molecular complexity index is 607. The Hall–Kier alpha value is -0.410. The highest BCUT2D eigenvalue weighted by molar-refractivity contribution is 5.79. The Labute approximate surface area is 172 Å². The van der Waals surface area contributed by atoms with Crippen LogP contribution < -0.4 is 0 Å². The molecule has 0 aromatic carbocycles. The monoisotopic (exact) mass is 390 g/mol. The van der Waals surface area contributed by atoms with Gasteiger partial charge in [0.1, 0.15) is 5.78 Å². The molecule has 3 nitrogen and oxygen atoms in total. The van der Waals surface area contributed by atoms with Gasteiger partial charge in [0.15, 0.2) is 0 Å². The summed E-state index contributed by atoms with van der Waals surface area (Å²) < 4.78 is 6.32. The molecule has 3 heteroatoms. The van der Waals surface area contributed by atoms with E-state index in [1.54, 1.807) is 0 Å². The highest BCUT2D eigenvalue weighted by Crippen LogP contribution is 2.68. The van der Waals surface area contributed by atoms with Gasteiger partial charge in [-0.3, -0.25) is 4.79 Å². The van der Waals surface area contributed by atoms with Crippen LogP contribution in [0.1, 0.15) is 92.4 Å². The van der Waals surface area contributed by atoms with Crippen molar-refractivity contribution in [3.8, 4) is 0 Å². The number of ketones is 1. The molecule has 4 aliphatic carbocycles. The van der Waals surface area contributed by atoms with E-state index in [0.717, 1.165) is 38.2 Å². The molecule has 0 aromatic rings. The number of rotatable bonds is 4. The van der Waals surface area contributed by atoms with Crippen LogP contribution in [0.5, 0.6) is 0 Å². The van der Waals surface area contributed by atoms with Crippen molar-refractivity contribution in [1.29, 1.82) is 0 Å². The van der Waals surface area contributed by atoms with E-state index < -0.39 is 5.60 Å². The fourth-order valence-corrected chi connectivity index (χ4v) is 8.50. The summed E-state index contributed by atoms with van der Waals surface area (Å²) in [5.74, 6) is 3.46. The van der Waals surface area contributed by atoms with Crippen LogP contribution in [0, 0.1) is 40.4 Å². The molecule has 160 valence electrons. The van der Waals surface area contributed by atoms with Gasteiger partial charge in [0, 0.05) is 5.92 Å². The smallest absolute Gasteiger partial charge is 0.133 e. The Morgan fingerprint density at radius 2 is 1.79 bits per heavy atom. The van der Waals surface area contributed by atoms with Crippen LogP contribution in [-0.4, -0.2) is 29.2 Å². The fraction of sp³-hybridized carbons (Fsp3) is 0.960. The van der Waals surface area contributed by atoms with Crippen LogP contribution in [0.4, 0.5) is 0 Å². The summed E-state index contributed by atoms with van der Waals surface area (Å²) >= 11 is 0. The van der Waals surface area contributed by atoms with Crippen molar-refractivity contribution in [2.45, 2.75) is 104 Å². The van der Waals surface area contributed by atoms with Gasteiger partial charge in [-0.15, -0.1) is 0 Å². The number of hydrogen-bond acceptors (Lipinski definition) is 3. The molecule has 0 heterocycles. The van der Waals surface area contributed by atoms with E-state index >= 15 is 0 Å². The van der Waals surface area contributed by atoms with Crippen LogP contribution in [0.3, 0.4) is 0 Å². The molecular formula is C25H42O3. The number of aliphatic hydroxyl groups is 1. The first-order valence-electron chi connectivity index (χ1n) is 11.9. The molecule has 1 N–H and O–H groups in total. The van der Waals surface area contributed by atoms with E-state index in [9.17, 15) is 9.90 Å². The van der Waals surface area contributed by atoms with Gasteiger partial charge in [-0.05, 0) is 120 Å². The van der Waals surface area contributed by atoms with Gasteiger partial charge < -0.3 is 9.84 Å². The van der Waals surface area contributed by atoms with E-state index in [1.807, 2.05) is 13.8 Å². The van der Waals surface area contributed by atoms with Crippen LogP contribution in [0.15, 0.2) is 0 Å². The molecule has 28 heavy (non-hydrogen) atoms. The SMILES string of the molecule is CC(=O)[C@H]1CC[C@H]2[C@@H]3CC[C@@H]4C[C@](C)(O)CC[C@]4(COC(C)C)[C@H]3CC[C@]12C. The molecule has 4 fully saturated rings. The summed E-state index contributed by atoms with van der Waals surface area (Å²) in [7, 11) is 0. The van der Waals surface area contributed by atoms with Crippen molar-refractivity contribution in [2.24, 2.45) is 40.4 Å². The number of hydrogen-bond donors (Lipinski definition) is 1. The molecule has 8 atom stereocenters. The number of carbonyl (C=O) groups is 1. The zero-order chi connectivity index (χ0) is 20.3. The van der Waals surface area contributed by atoms with Gasteiger partial charge in [-0.2, -0.15) is 0 Å². The predicted molar refractivity (Wildman–Crippen MR) is 112 cm³/mol. The summed E-state index contributed by atoms with van der Waals surface area (Å²) in [5.41, 5.74) is -0.0414. The van der Waals surface area contributed by atoms with Crippen LogP contribution in [0.2, 0.25) is 0 Å². The van der Waals surface area contributed by atoms with E-state index in [-0.39, 0.29) is 22.9 Å². The molecule has 0 amide bonds. The van der Waals surface area contributed by atoms with Crippen LogP contribution in [0.25, 0.3) is 0 Å². The van der Waals surface area contributed by atoms with E-state index in [4.69, 9.17) is 4.74 Å². The maximum atomic E-state index is 12.4. The number of Topliss-reactive ketones (excluding diaryl/α,β-unsaturated/α-hetero) is 1. The summed E-state index contributed by atoms with van der Waals surface area (Å²) in [5, 5.41) is 10.8. The lowest BCUT2D eigenvalue weighted by Gasteiger charge is -2.62. The van der Waals surface area contributed by atoms with Gasteiger partial charge in [-0.1, -0.05) is 6.92 Å². The minimum atomic E-state index is -0.505. The lowest BCUT2D eigenvalue weighted by atomic mass is 9.43. The van der Waals surface area contributed by atoms with Gasteiger partial charge in [0.2, 0.25) is 0 Å². The first-order chi connectivity index (χ1) is 13.1. The molecule has 4 aliphatic rings. The minimum absolute atomic E-state index is 0.222. The normalized spacial score (nSPS) is 50.8. The quantitative estimate of drug-likeness (QED) is 0.700. The number of fused-ring (bicyclic) bond motifs is 5. The summed E-state index contributed by atoms with van der Waals surface area (Å²) in [4.78, 5) is 12.4. The minimum Gasteiger partial charge on any atom is -0.390 e. The van der Waals surface area contributed by atoms with Crippen molar-refractivity contribution >= 4 is 5.78 Å². The van der Waals surface area contributed by atoms with Gasteiger partial charge in [0.25, 0.3) is 0 Å². The zero-order valence-corrected chi connectivity index (χ0v) is 18.8. The standard InChI is InChI=1S/C25H42O3/c1-16(2)28-15-25-13-12-23(4,27)14-18(25)6-7-19-21-9-8-20(17(3)26)24(21,5)11-10-22(19)25/h16,18-22,27H,6-15H2,1-5H3/t18-,19+,20-,21+,22+,23-,24-,25-/m1/s1. The van der Waals surface area contributed by atoms with E-state index in [1.165, 1.54) is 32.1 Å². The average Bonchev–Trinajstić information content (AvgIpc) is 2.97.